The molecule has 152 valence electrons. The summed E-state index contributed by atoms with van der Waals surface area (Å²) in [6, 6.07) is 10.2. The first-order valence-corrected chi connectivity index (χ1v) is 10.1. The van der Waals surface area contributed by atoms with Gasteiger partial charge in [0.25, 0.3) is 5.91 Å². The van der Waals surface area contributed by atoms with Crippen LogP contribution in [0.15, 0.2) is 42.9 Å². The van der Waals surface area contributed by atoms with Crippen molar-refractivity contribution in [1.82, 2.24) is 19.4 Å². The number of benzene rings is 1. The average molecular weight is 393 g/mol. The number of fused-ring (bicyclic) bond motifs is 1. The predicted octanol–water partition coefficient (Wildman–Crippen LogP) is 3.54. The average Bonchev–Trinajstić information content (AvgIpc) is 3.04. The van der Waals surface area contributed by atoms with Gasteiger partial charge in [0.2, 0.25) is 0 Å². The van der Waals surface area contributed by atoms with Gasteiger partial charge >= 0.3 is 0 Å². The highest BCUT2D eigenvalue weighted by Crippen LogP contribution is 2.25. The molecular formula is C23H28N4O2. The molecule has 0 unspecified atom stereocenters. The molecule has 6 heteroatoms. The number of hydrogen-bond acceptors (Lipinski definition) is 4. The Morgan fingerprint density at radius 3 is 2.55 bits per heavy atom. The largest absolute Gasteiger partial charge is 0.378 e. The number of ether oxygens (including phenoxy) is 1. The highest BCUT2D eigenvalue weighted by Gasteiger charge is 2.19. The molecule has 29 heavy (non-hydrogen) atoms. The van der Waals surface area contributed by atoms with Crippen molar-refractivity contribution in [2.24, 2.45) is 5.41 Å². The van der Waals surface area contributed by atoms with Gasteiger partial charge < -0.3 is 14.2 Å². The number of rotatable bonds is 4. The van der Waals surface area contributed by atoms with Crippen molar-refractivity contribution in [3.63, 3.8) is 0 Å². The van der Waals surface area contributed by atoms with Crippen molar-refractivity contribution in [3.8, 4) is 0 Å². The predicted molar refractivity (Wildman–Crippen MR) is 113 cm³/mol. The molecule has 1 aliphatic rings. The second kappa shape index (κ2) is 7.95. The van der Waals surface area contributed by atoms with Crippen molar-refractivity contribution in [3.05, 3.63) is 59.7 Å². The maximum Gasteiger partial charge on any atom is 0.254 e. The Hall–Kier alpha value is -2.73. The molecule has 3 heterocycles. The molecule has 0 N–H and O–H groups in total. The zero-order valence-electron chi connectivity index (χ0n) is 17.4. The van der Waals surface area contributed by atoms with E-state index in [1.807, 2.05) is 23.2 Å². The molecule has 1 aromatic carbocycles. The first-order chi connectivity index (χ1) is 13.9. The number of amides is 1. The van der Waals surface area contributed by atoms with Crippen LogP contribution in [0.4, 0.5) is 0 Å². The molecule has 4 rings (SSSR count). The summed E-state index contributed by atoms with van der Waals surface area (Å²) in [5.74, 6) is 0.0805. The fourth-order valence-electron chi connectivity index (χ4n) is 3.78. The third kappa shape index (κ3) is 4.48. The normalized spacial score (nSPS) is 15.1. The minimum Gasteiger partial charge on any atom is -0.378 e. The van der Waals surface area contributed by atoms with Crippen LogP contribution in [0.1, 0.15) is 42.4 Å². The summed E-state index contributed by atoms with van der Waals surface area (Å²) in [5.41, 5.74) is 4.23. The lowest BCUT2D eigenvalue weighted by Gasteiger charge is -2.26. The molecule has 0 bridgehead atoms. The summed E-state index contributed by atoms with van der Waals surface area (Å²) in [6.45, 7) is 10.1. The summed E-state index contributed by atoms with van der Waals surface area (Å²) >= 11 is 0. The van der Waals surface area contributed by atoms with E-state index < -0.39 is 0 Å². The SMILES string of the molecule is CC(C)(C)Cn1c(Cc2ccc(C(=O)N3CCOCC3)cc2)cc2cncnc21. The lowest BCUT2D eigenvalue weighted by Crippen LogP contribution is -2.40. The molecule has 0 atom stereocenters. The topological polar surface area (TPSA) is 60.2 Å². The molecule has 1 amide bonds. The minimum absolute atomic E-state index is 0.0805. The Morgan fingerprint density at radius 2 is 1.86 bits per heavy atom. The molecule has 0 aliphatic carbocycles. The van der Waals surface area contributed by atoms with E-state index in [9.17, 15) is 4.79 Å². The lowest BCUT2D eigenvalue weighted by atomic mass is 9.96. The molecule has 1 fully saturated rings. The van der Waals surface area contributed by atoms with E-state index in [2.05, 4.69) is 53.5 Å². The van der Waals surface area contributed by atoms with Gasteiger partial charge in [-0.1, -0.05) is 32.9 Å². The Bertz CT molecular complexity index is 996. The van der Waals surface area contributed by atoms with E-state index in [-0.39, 0.29) is 11.3 Å². The van der Waals surface area contributed by atoms with Crippen molar-refractivity contribution in [2.75, 3.05) is 26.3 Å². The van der Waals surface area contributed by atoms with Crippen LogP contribution in [-0.4, -0.2) is 51.6 Å². The smallest absolute Gasteiger partial charge is 0.254 e. The Labute approximate surface area is 171 Å². The molecule has 1 saturated heterocycles. The second-order valence-electron chi connectivity index (χ2n) is 8.86. The number of carbonyl (C=O) groups excluding carboxylic acids is 1. The van der Waals surface area contributed by atoms with Gasteiger partial charge in [-0.25, -0.2) is 9.97 Å². The minimum atomic E-state index is 0.0805. The van der Waals surface area contributed by atoms with Crippen LogP contribution in [-0.2, 0) is 17.7 Å². The molecule has 3 aromatic rings. The molecule has 0 spiro atoms. The van der Waals surface area contributed by atoms with Crippen LogP contribution >= 0.6 is 0 Å². The van der Waals surface area contributed by atoms with Crippen LogP contribution in [0.2, 0.25) is 0 Å². The number of morpholine rings is 1. The van der Waals surface area contributed by atoms with Crippen LogP contribution in [0.3, 0.4) is 0 Å². The molecule has 2 aromatic heterocycles. The third-order valence-electron chi connectivity index (χ3n) is 5.16. The maximum absolute atomic E-state index is 12.6. The van der Waals surface area contributed by atoms with Gasteiger partial charge in [0.15, 0.2) is 0 Å². The molecule has 1 aliphatic heterocycles. The Kier molecular flexibility index (Phi) is 5.37. The first kappa shape index (κ1) is 19.6. The van der Waals surface area contributed by atoms with Gasteiger partial charge in [-0.3, -0.25) is 4.79 Å². The van der Waals surface area contributed by atoms with Crippen LogP contribution in [0.25, 0.3) is 11.0 Å². The Balaban J connectivity index is 1.57. The van der Waals surface area contributed by atoms with Gasteiger partial charge in [-0.2, -0.15) is 0 Å². The summed E-state index contributed by atoms with van der Waals surface area (Å²) in [4.78, 5) is 23.2. The van der Waals surface area contributed by atoms with Crippen molar-refractivity contribution < 1.29 is 9.53 Å². The zero-order valence-corrected chi connectivity index (χ0v) is 17.4. The number of nitrogens with zero attached hydrogens (tertiary/aromatic N) is 4. The first-order valence-electron chi connectivity index (χ1n) is 10.1. The van der Waals surface area contributed by atoms with E-state index in [4.69, 9.17) is 4.74 Å². The summed E-state index contributed by atoms with van der Waals surface area (Å²) in [6.07, 6.45) is 4.27. The fourth-order valence-corrected chi connectivity index (χ4v) is 3.78. The van der Waals surface area contributed by atoms with E-state index in [1.165, 1.54) is 11.3 Å². The summed E-state index contributed by atoms with van der Waals surface area (Å²) in [7, 11) is 0. The monoisotopic (exact) mass is 392 g/mol. The molecule has 0 saturated carbocycles. The molecule has 6 nitrogen and oxygen atoms in total. The number of carbonyl (C=O) groups is 1. The fraction of sp³-hybridized carbons (Fsp3) is 0.435. The highest BCUT2D eigenvalue weighted by molar-refractivity contribution is 5.94. The van der Waals surface area contributed by atoms with Gasteiger partial charge in [-0.15, -0.1) is 0 Å². The van der Waals surface area contributed by atoms with Crippen LogP contribution < -0.4 is 0 Å². The summed E-state index contributed by atoms with van der Waals surface area (Å²) < 4.78 is 7.63. The third-order valence-corrected chi connectivity index (χ3v) is 5.16. The van der Waals surface area contributed by atoms with Gasteiger partial charge in [0.05, 0.1) is 13.2 Å². The Morgan fingerprint density at radius 1 is 1.14 bits per heavy atom. The van der Waals surface area contributed by atoms with E-state index in [0.29, 0.717) is 26.3 Å². The molecule has 0 radical (unpaired) electrons. The van der Waals surface area contributed by atoms with Gasteiger partial charge in [0.1, 0.15) is 12.0 Å². The van der Waals surface area contributed by atoms with Crippen LogP contribution in [0, 0.1) is 5.41 Å². The van der Waals surface area contributed by atoms with Crippen molar-refractivity contribution in [2.45, 2.75) is 33.7 Å². The van der Waals surface area contributed by atoms with Gasteiger partial charge in [0, 0.05) is 48.9 Å². The second-order valence-corrected chi connectivity index (χ2v) is 8.86. The van der Waals surface area contributed by atoms with Crippen LogP contribution in [0.5, 0.6) is 0 Å². The summed E-state index contributed by atoms with van der Waals surface area (Å²) in [5, 5.41) is 1.06. The maximum atomic E-state index is 12.6. The lowest BCUT2D eigenvalue weighted by molar-refractivity contribution is 0.0303. The van der Waals surface area contributed by atoms with E-state index in [0.717, 1.165) is 29.6 Å². The highest BCUT2D eigenvalue weighted by atomic mass is 16.5. The quantitative estimate of drug-likeness (QED) is 0.681. The van der Waals surface area contributed by atoms with E-state index >= 15 is 0 Å². The van der Waals surface area contributed by atoms with Gasteiger partial charge in [-0.05, 0) is 29.2 Å². The van der Waals surface area contributed by atoms with Crippen molar-refractivity contribution in [1.29, 1.82) is 0 Å². The standard InChI is InChI=1S/C23H28N4O2/c1-23(2,3)15-27-20(13-19-14-24-16-25-21(19)27)12-17-4-6-18(7-5-17)22(28)26-8-10-29-11-9-26/h4-7,13-14,16H,8-12,15H2,1-3H3. The molecular weight excluding hydrogens is 364 g/mol. The van der Waals surface area contributed by atoms with Crippen molar-refractivity contribution >= 4 is 16.9 Å². The number of aromatic nitrogens is 3. The zero-order chi connectivity index (χ0) is 20.4. The number of hydrogen-bond donors (Lipinski definition) is 0. The van der Waals surface area contributed by atoms with E-state index in [1.54, 1.807) is 6.33 Å².